The second-order valence-corrected chi connectivity index (χ2v) is 6.00. The minimum atomic E-state index is -0.0854. The number of hydrogen-bond donors (Lipinski definition) is 2. The highest BCUT2D eigenvalue weighted by Gasteiger charge is 2.19. The largest absolute Gasteiger partial charge is 0.394 e. The summed E-state index contributed by atoms with van der Waals surface area (Å²) >= 11 is 0. The van der Waals surface area contributed by atoms with Gasteiger partial charge in [0.15, 0.2) is 0 Å². The maximum absolute atomic E-state index is 9.69. The fraction of sp³-hybridized carbons (Fsp3) is 0.333. The highest BCUT2D eigenvalue weighted by Crippen LogP contribution is 2.16. The van der Waals surface area contributed by atoms with E-state index in [2.05, 4.69) is 31.0 Å². The SMILES string of the molecule is C=C[C@H](COCc1ccccc1)[C@H](C)N[C@@H](CO)c1ccccc1. The maximum Gasteiger partial charge on any atom is 0.0717 e. The van der Waals surface area contributed by atoms with Crippen molar-refractivity contribution in [3.8, 4) is 0 Å². The summed E-state index contributed by atoms with van der Waals surface area (Å²) < 4.78 is 5.84. The first kappa shape index (κ1) is 18.4. The number of aliphatic hydroxyl groups is 1. The van der Waals surface area contributed by atoms with Crippen molar-refractivity contribution in [2.45, 2.75) is 25.6 Å². The normalized spacial score (nSPS) is 14.8. The summed E-state index contributed by atoms with van der Waals surface area (Å²) in [6.07, 6.45) is 1.92. The van der Waals surface area contributed by atoms with Gasteiger partial charge < -0.3 is 15.2 Å². The van der Waals surface area contributed by atoms with Gasteiger partial charge in [-0.3, -0.25) is 0 Å². The molecule has 3 nitrogen and oxygen atoms in total. The van der Waals surface area contributed by atoms with E-state index in [-0.39, 0.29) is 24.6 Å². The maximum atomic E-state index is 9.69. The van der Waals surface area contributed by atoms with Crippen LogP contribution in [0.25, 0.3) is 0 Å². The molecule has 0 radical (unpaired) electrons. The number of hydrogen-bond acceptors (Lipinski definition) is 3. The first-order chi connectivity index (χ1) is 11.7. The number of ether oxygens (including phenoxy) is 1. The van der Waals surface area contributed by atoms with E-state index >= 15 is 0 Å². The highest BCUT2D eigenvalue weighted by molar-refractivity contribution is 5.19. The fourth-order valence-corrected chi connectivity index (χ4v) is 2.68. The average Bonchev–Trinajstić information content (AvgIpc) is 2.64. The van der Waals surface area contributed by atoms with Crippen molar-refractivity contribution in [2.24, 2.45) is 5.92 Å². The third-order valence-electron chi connectivity index (χ3n) is 4.22. The van der Waals surface area contributed by atoms with E-state index < -0.39 is 0 Å². The molecule has 0 bridgehead atoms. The van der Waals surface area contributed by atoms with Crippen LogP contribution in [-0.4, -0.2) is 24.4 Å². The molecule has 2 N–H and O–H groups in total. The lowest BCUT2D eigenvalue weighted by Crippen LogP contribution is -2.38. The zero-order chi connectivity index (χ0) is 17.2. The van der Waals surface area contributed by atoms with Gasteiger partial charge in [0.25, 0.3) is 0 Å². The molecule has 0 aliphatic rings. The van der Waals surface area contributed by atoms with Crippen molar-refractivity contribution in [2.75, 3.05) is 13.2 Å². The van der Waals surface area contributed by atoms with Crippen molar-refractivity contribution in [1.82, 2.24) is 5.32 Å². The standard InChI is InChI=1S/C21H27NO2/c1-3-19(16-24-15-18-10-6-4-7-11-18)17(2)22-21(14-23)20-12-8-5-9-13-20/h3-13,17,19,21-23H,1,14-16H2,2H3/t17-,19+,21-/m0/s1. The first-order valence-corrected chi connectivity index (χ1v) is 8.40. The second kappa shape index (κ2) is 10.0. The summed E-state index contributed by atoms with van der Waals surface area (Å²) in [5.41, 5.74) is 2.25. The van der Waals surface area contributed by atoms with E-state index in [1.165, 1.54) is 5.56 Å². The summed E-state index contributed by atoms with van der Waals surface area (Å²) in [5.74, 6) is 0.173. The van der Waals surface area contributed by atoms with Gasteiger partial charge in [-0.15, -0.1) is 6.58 Å². The van der Waals surface area contributed by atoms with E-state index in [1.807, 2.05) is 54.6 Å². The molecule has 3 heteroatoms. The van der Waals surface area contributed by atoms with Gasteiger partial charge >= 0.3 is 0 Å². The topological polar surface area (TPSA) is 41.5 Å². The molecule has 24 heavy (non-hydrogen) atoms. The smallest absolute Gasteiger partial charge is 0.0717 e. The molecule has 128 valence electrons. The van der Waals surface area contributed by atoms with Crippen LogP contribution in [-0.2, 0) is 11.3 Å². The van der Waals surface area contributed by atoms with Crippen LogP contribution in [0.4, 0.5) is 0 Å². The van der Waals surface area contributed by atoms with Crippen LogP contribution in [0.2, 0.25) is 0 Å². The molecule has 0 saturated heterocycles. The molecule has 0 unspecified atom stereocenters. The Morgan fingerprint density at radius 2 is 1.71 bits per heavy atom. The van der Waals surface area contributed by atoms with Crippen LogP contribution in [0.3, 0.4) is 0 Å². The van der Waals surface area contributed by atoms with Crippen LogP contribution >= 0.6 is 0 Å². The monoisotopic (exact) mass is 325 g/mol. The molecule has 2 aromatic carbocycles. The molecule has 2 aromatic rings. The van der Waals surface area contributed by atoms with E-state index in [9.17, 15) is 5.11 Å². The Morgan fingerprint density at radius 1 is 1.08 bits per heavy atom. The first-order valence-electron chi connectivity index (χ1n) is 8.40. The lowest BCUT2D eigenvalue weighted by Gasteiger charge is -2.27. The highest BCUT2D eigenvalue weighted by atomic mass is 16.5. The van der Waals surface area contributed by atoms with E-state index in [0.717, 1.165) is 5.56 Å². The number of nitrogens with one attached hydrogen (secondary N) is 1. The van der Waals surface area contributed by atoms with Gasteiger partial charge in [-0.2, -0.15) is 0 Å². The summed E-state index contributed by atoms with van der Waals surface area (Å²) in [6, 6.07) is 20.2. The van der Waals surface area contributed by atoms with Crippen LogP contribution < -0.4 is 5.32 Å². The molecule has 0 aliphatic carbocycles. The minimum absolute atomic E-state index is 0.0586. The fourth-order valence-electron chi connectivity index (χ4n) is 2.68. The van der Waals surface area contributed by atoms with Gasteiger partial charge in [0.1, 0.15) is 0 Å². The molecule has 0 aromatic heterocycles. The van der Waals surface area contributed by atoms with Crippen LogP contribution in [0.15, 0.2) is 73.3 Å². The molecule has 0 spiro atoms. The third kappa shape index (κ3) is 5.60. The molecule has 3 atom stereocenters. The van der Waals surface area contributed by atoms with E-state index in [1.54, 1.807) is 0 Å². The predicted molar refractivity (Wildman–Crippen MR) is 98.7 cm³/mol. The van der Waals surface area contributed by atoms with Gasteiger partial charge in [0.05, 0.1) is 25.9 Å². The van der Waals surface area contributed by atoms with Gasteiger partial charge in [-0.1, -0.05) is 66.7 Å². The zero-order valence-electron chi connectivity index (χ0n) is 14.3. The number of benzene rings is 2. The van der Waals surface area contributed by atoms with Crippen molar-refractivity contribution < 1.29 is 9.84 Å². The van der Waals surface area contributed by atoms with Gasteiger partial charge in [-0.25, -0.2) is 0 Å². The van der Waals surface area contributed by atoms with E-state index in [4.69, 9.17) is 4.74 Å². The molecule has 0 saturated carbocycles. The Morgan fingerprint density at radius 3 is 2.29 bits per heavy atom. The molecule has 0 amide bonds. The molecular weight excluding hydrogens is 298 g/mol. The van der Waals surface area contributed by atoms with Crippen molar-refractivity contribution in [3.63, 3.8) is 0 Å². The lowest BCUT2D eigenvalue weighted by molar-refractivity contribution is 0.0866. The van der Waals surface area contributed by atoms with Crippen LogP contribution in [0.5, 0.6) is 0 Å². The Labute approximate surface area is 145 Å². The molecule has 2 rings (SSSR count). The van der Waals surface area contributed by atoms with Gasteiger partial charge in [0.2, 0.25) is 0 Å². The van der Waals surface area contributed by atoms with E-state index in [0.29, 0.717) is 13.2 Å². The summed E-state index contributed by atoms with van der Waals surface area (Å²) in [7, 11) is 0. The summed E-state index contributed by atoms with van der Waals surface area (Å²) in [4.78, 5) is 0. The number of rotatable bonds is 10. The summed E-state index contributed by atoms with van der Waals surface area (Å²) in [6.45, 7) is 7.28. The Bertz CT molecular complexity index is 585. The third-order valence-corrected chi connectivity index (χ3v) is 4.22. The minimum Gasteiger partial charge on any atom is -0.394 e. The molecule has 0 fully saturated rings. The average molecular weight is 325 g/mol. The predicted octanol–water partition coefficient (Wildman–Crippen LogP) is 3.72. The number of aliphatic hydroxyl groups excluding tert-OH is 1. The van der Waals surface area contributed by atoms with Crippen LogP contribution in [0, 0.1) is 5.92 Å². The molecule has 0 aliphatic heterocycles. The lowest BCUT2D eigenvalue weighted by atomic mass is 9.99. The molecular formula is C21H27NO2. The zero-order valence-corrected chi connectivity index (χ0v) is 14.3. The Kier molecular flexibility index (Phi) is 7.69. The summed E-state index contributed by atoms with van der Waals surface area (Å²) in [5, 5.41) is 13.2. The van der Waals surface area contributed by atoms with Crippen molar-refractivity contribution >= 4 is 0 Å². The van der Waals surface area contributed by atoms with Crippen LogP contribution in [0.1, 0.15) is 24.1 Å². The Balaban J connectivity index is 1.86. The molecule has 0 heterocycles. The van der Waals surface area contributed by atoms with Crippen molar-refractivity contribution in [1.29, 1.82) is 0 Å². The van der Waals surface area contributed by atoms with Gasteiger partial charge in [-0.05, 0) is 18.1 Å². The van der Waals surface area contributed by atoms with Gasteiger partial charge in [0, 0.05) is 12.0 Å². The Hall–Kier alpha value is -1.94. The quantitative estimate of drug-likeness (QED) is 0.654. The second-order valence-electron chi connectivity index (χ2n) is 6.00. The van der Waals surface area contributed by atoms with Crippen molar-refractivity contribution in [3.05, 3.63) is 84.4 Å².